The first kappa shape index (κ1) is 27.4. The summed E-state index contributed by atoms with van der Waals surface area (Å²) < 4.78 is 11.7. The average molecular weight is 553 g/mol. The fourth-order valence-electron chi connectivity index (χ4n) is 4.52. The number of hydrogen-bond donors (Lipinski definition) is 1. The number of esters is 2. The number of rotatable bonds is 5. The van der Waals surface area contributed by atoms with Gasteiger partial charge in [-0.15, -0.1) is 0 Å². The van der Waals surface area contributed by atoms with Crippen LogP contribution >= 0.6 is 0 Å². The molecule has 0 unspecified atom stereocenters. The molecule has 3 heterocycles. The van der Waals surface area contributed by atoms with Crippen molar-refractivity contribution >= 4 is 23.8 Å². The van der Waals surface area contributed by atoms with Crippen molar-refractivity contribution < 1.29 is 86.8 Å². The molecule has 1 aromatic heterocycles. The molecule has 0 saturated heterocycles. The molecular weight excluding hydrogens is 530 g/mol. The van der Waals surface area contributed by atoms with E-state index in [-0.39, 0.29) is 88.6 Å². The van der Waals surface area contributed by atoms with E-state index in [0.717, 1.165) is 0 Å². The average Bonchev–Trinajstić information content (AvgIpc) is 3.07. The molecule has 1 saturated carbocycles. The van der Waals surface area contributed by atoms with Crippen molar-refractivity contribution in [3.63, 3.8) is 0 Å². The molecule has 11 nitrogen and oxygen atoms in total. The molecule has 5 rings (SSSR count). The Balaban J connectivity index is 0.00000342. The second kappa shape index (κ2) is 11.2. The second-order valence-corrected chi connectivity index (χ2v) is 8.31. The Morgan fingerprint density at radius 2 is 1.80 bits per heavy atom. The van der Waals surface area contributed by atoms with Crippen LogP contribution in [0.1, 0.15) is 59.3 Å². The fourth-order valence-corrected chi connectivity index (χ4v) is 4.52. The number of fused-ring (bicyclic) bond motifs is 2. The van der Waals surface area contributed by atoms with Gasteiger partial charge in [-0.3, -0.25) is 14.2 Å². The molecule has 3 aliphatic rings. The zero-order valence-electron chi connectivity index (χ0n) is 19.5. The number of ether oxygens (including phenoxy) is 2. The minimum Gasteiger partial charge on any atom is -0.659 e. The normalized spacial score (nSPS) is 20.0. The number of carbonyl (C=O) groups is 4. The maximum Gasteiger partial charge on any atom is 1.00 e. The van der Waals surface area contributed by atoms with Crippen LogP contribution in [0.25, 0.3) is 5.73 Å². The molecule has 0 spiro atoms. The SMILES string of the molecule is CCOC(=O)c1nc2n(c(=O)c1OC(=O)c1ccccc1)CC1CCC2(NC(=O)C([NH-])=O)CC1.[Rb+]. The predicted octanol–water partition coefficient (Wildman–Crippen LogP) is -1.26. The largest absolute Gasteiger partial charge is 1.00 e. The molecule has 1 aliphatic carbocycles. The number of benzene rings is 1. The van der Waals surface area contributed by atoms with Gasteiger partial charge in [-0.05, 0) is 50.7 Å². The Morgan fingerprint density at radius 3 is 2.40 bits per heavy atom. The van der Waals surface area contributed by atoms with Gasteiger partial charge in [0.2, 0.25) is 5.75 Å². The molecule has 35 heavy (non-hydrogen) atoms. The van der Waals surface area contributed by atoms with E-state index in [2.05, 4.69) is 10.3 Å². The fraction of sp³-hybridized carbons (Fsp3) is 0.391. The van der Waals surface area contributed by atoms with Gasteiger partial charge in [0.15, 0.2) is 5.69 Å². The Hall–Kier alpha value is -2.21. The van der Waals surface area contributed by atoms with Gasteiger partial charge in [-0.1, -0.05) is 18.2 Å². The standard InChI is InChI=1S/C23H24N4O7.Rb/c1-2-33-21(32)15-16(34-20(31)14-6-4-3-5-7-14)19(30)27-12-13-8-10-23(11-9-13,22(27)25-15)26-18(29)17(24)28;/h3-7,13H,2,8-12H2,1H3,(H3,24,26,28,29);/q;+1/p-1. The van der Waals surface area contributed by atoms with E-state index in [0.29, 0.717) is 25.7 Å². The molecule has 2 aromatic rings. The van der Waals surface area contributed by atoms with Crippen LogP contribution in [0.2, 0.25) is 0 Å². The summed E-state index contributed by atoms with van der Waals surface area (Å²) in [6, 6.07) is 7.98. The topological polar surface area (TPSA) is 157 Å². The maximum absolute atomic E-state index is 13.6. The summed E-state index contributed by atoms with van der Waals surface area (Å²) in [5, 5.41) is 2.57. The summed E-state index contributed by atoms with van der Waals surface area (Å²) in [5.41, 5.74) is 4.85. The molecule has 178 valence electrons. The maximum atomic E-state index is 13.6. The molecule has 2 amide bonds. The van der Waals surface area contributed by atoms with Crippen molar-refractivity contribution in [3.05, 3.63) is 63.5 Å². The van der Waals surface area contributed by atoms with E-state index in [1.165, 1.54) is 16.7 Å². The van der Waals surface area contributed by atoms with Crippen molar-refractivity contribution in [2.24, 2.45) is 5.92 Å². The molecule has 1 fully saturated rings. The van der Waals surface area contributed by atoms with E-state index in [4.69, 9.17) is 15.2 Å². The first-order valence-corrected chi connectivity index (χ1v) is 10.9. The smallest absolute Gasteiger partial charge is 0.659 e. The number of nitrogens with one attached hydrogen (secondary N) is 2. The Kier molecular flexibility index (Phi) is 8.79. The quantitative estimate of drug-likeness (QED) is 0.355. The zero-order chi connectivity index (χ0) is 24.5. The van der Waals surface area contributed by atoms with Crippen LogP contribution in [-0.4, -0.2) is 39.9 Å². The van der Waals surface area contributed by atoms with Crippen LogP contribution in [0, 0.1) is 5.92 Å². The van der Waals surface area contributed by atoms with Gasteiger partial charge in [-0.25, -0.2) is 14.6 Å². The number of amides is 2. The van der Waals surface area contributed by atoms with Crippen LogP contribution in [-0.2, 0) is 26.4 Å². The van der Waals surface area contributed by atoms with E-state index >= 15 is 0 Å². The number of aromatic nitrogens is 2. The van der Waals surface area contributed by atoms with Crippen molar-refractivity contribution in [3.8, 4) is 5.75 Å². The number of hydrogen-bond acceptors (Lipinski definition) is 8. The molecular formula is C23H23N4O7Rb. The van der Waals surface area contributed by atoms with E-state index < -0.39 is 46.3 Å². The summed E-state index contributed by atoms with van der Waals surface area (Å²) in [6.07, 6.45) is 2.00. The molecule has 2 N–H and O–H groups in total. The first-order chi connectivity index (χ1) is 16.3. The van der Waals surface area contributed by atoms with Gasteiger partial charge in [-0.2, -0.15) is 0 Å². The summed E-state index contributed by atoms with van der Waals surface area (Å²) in [6.45, 7) is 1.81. The van der Waals surface area contributed by atoms with Crippen LogP contribution in [0.15, 0.2) is 35.1 Å². The van der Waals surface area contributed by atoms with E-state index in [1.807, 2.05) is 0 Å². The molecule has 1 aromatic carbocycles. The minimum absolute atomic E-state index is 0. The Labute approximate surface area is 249 Å². The third-order valence-electron chi connectivity index (χ3n) is 6.19. The van der Waals surface area contributed by atoms with Gasteiger partial charge < -0.3 is 25.3 Å². The van der Waals surface area contributed by atoms with Crippen LogP contribution in [0.3, 0.4) is 0 Å². The van der Waals surface area contributed by atoms with Gasteiger partial charge in [0.25, 0.3) is 11.5 Å². The van der Waals surface area contributed by atoms with Gasteiger partial charge >= 0.3 is 70.1 Å². The van der Waals surface area contributed by atoms with Crippen molar-refractivity contribution in [1.29, 1.82) is 0 Å². The van der Waals surface area contributed by atoms with Crippen molar-refractivity contribution in [2.75, 3.05) is 6.61 Å². The summed E-state index contributed by atoms with van der Waals surface area (Å²) >= 11 is 0. The van der Waals surface area contributed by atoms with Crippen molar-refractivity contribution in [2.45, 2.75) is 44.7 Å². The molecule has 0 atom stereocenters. The molecule has 2 aliphatic heterocycles. The molecule has 2 bridgehead atoms. The number of carbonyl (C=O) groups excluding carboxylic acids is 4. The third kappa shape index (κ3) is 5.47. The predicted molar refractivity (Wildman–Crippen MR) is 117 cm³/mol. The van der Waals surface area contributed by atoms with Crippen LogP contribution < -0.4 is 73.8 Å². The van der Waals surface area contributed by atoms with Gasteiger partial charge in [0.05, 0.1) is 17.7 Å². The number of nitrogens with zero attached hydrogens (tertiary/aromatic N) is 2. The van der Waals surface area contributed by atoms with Crippen molar-refractivity contribution in [1.82, 2.24) is 14.9 Å². The van der Waals surface area contributed by atoms with Crippen LogP contribution in [0.5, 0.6) is 5.75 Å². The van der Waals surface area contributed by atoms with E-state index in [1.54, 1.807) is 25.1 Å². The van der Waals surface area contributed by atoms with Crippen LogP contribution in [0.4, 0.5) is 0 Å². The first-order valence-electron chi connectivity index (χ1n) is 10.9. The Morgan fingerprint density at radius 1 is 1.14 bits per heavy atom. The molecule has 12 heteroatoms. The zero-order valence-corrected chi connectivity index (χ0v) is 24.4. The second-order valence-electron chi connectivity index (χ2n) is 8.31. The van der Waals surface area contributed by atoms with Gasteiger partial charge in [0.1, 0.15) is 11.7 Å². The summed E-state index contributed by atoms with van der Waals surface area (Å²) in [4.78, 5) is 66.9. The molecule has 0 radical (unpaired) electrons. The van der Waals surface area contributed by atoms with E-state index in [9.17, 15) is 24.0 Å². The third-order valence-corrected chi connectivity index (χ3v) is 6.19. The summed E-state index contributed by atoms with van der Waals surface area (Å²) in [5.74, 6) is -4.75. The van der Waals surface area contributed by atoms with Gasteiger partial charge in [0, 0.05) is 6.54 Å². The monoisotopic (exact) mass is 552 g/mol. The minimum atomic E-state index is -1.42. The Bertz CT molecular complexity index is 1220. The summed E-state index contributed by atoms with van der Waals surface area (Å²) in [7, 11) is 0.